The van der Waals surface area contributed by atoms with Crippen molar-refractivity contribution in [3.05, 3.63) is 85.5 Å². The first kappa shape index (κ1) is 22.7. The molecular formula is C28H33NO2Si. The highest BCUT2D eigenvalue weighted by Crippen LogP contribution is 2.44. The van der Waals surface area contributed by atoms with Gasteiger partial charge in [0.2, 0.25) is 0 Å². The molecule has 0 bridgehead atoms. The Balaban J connectivity index is 1.75. The van der Waals surface area contributed by atoms with Gasteiger partial charge in [0.1, 0.15) is 0 Å². The Morgan fingerprint density at radius 1 is 1.06 bits per heavy atom. The van der Waals surface area contributed by atoms with Crippen molar-refractivity contribution < 1.29 is 9.16 Å². The molecule has 2 aromatic rings. The Morgan fingerprint density at radius 3 is 2.16 bits per heavy atom. The van der Waals surface area contributed by atoms with Gasteiger partial charge in [0.05, 0.1) is 18.3 Å². The summed E-state index contributed by atoms with van der Waals surface area (Å²) in [5.74, 6) is 0.398. The minimum absolute atomic E-state index is 0.0177. The molecule has 2 aromatic carbocycles. The summed E-state index contributed by atoms with van der Waals surface area (Å²) in [5.41, 5.74) is 0. The van der Waals surface area contributed by atoms with Gasteiger partial charge >= 0.3 is 0 Å². The minimum atomic E-state index is -2.62. The van der Waals surface area contributed by atoms with Crippen molar-refractivity contribution in [3.8, 4) is 6.07 Å². The van der Waals surface area contributed by atoms with Crippen molar-refractivity contribution in [1.29, 1.82) is 5.26 Å². The second kappa shape index (κ2) is 9.19. The first-order chi connectivity index (χ1) is 15.4. The van der Waals surface area contributed by atoms with Gasteiger partial charge in [-0.25, -0.2) is 0 Å². The number of ether oxygens (including phenoxy) is 1. The Labute approximate surface area is 193 Å². The van der Waals surface area contributed by atoms with E-state index in [2.05, 4.69) is 106 Å². The van der Waals surface area contributed by atoms with Crippen LogP contribution in [0.25, 0.3) is 0 Å². The molecule has 1 aliphatic heterocycles. The highest BCUT2D eigenvalue weighted by Gasteiger charge is 2.53. The summed E-state index contributed by atoms with van der Waals surface area (Å²) >= 11 is 0. The van der Waals surface area contributed by atoms with Gasteiger partial charge in [-0.2, -0.15) is 5.26 Å². The van der Waals surface area contributed by atoms with Gasteiger partial charge in [-0.05, 0) is 34.2 Å². The van der Waals surface area contributed by atoms with E-state index in [1.807, 2.05) is 6.08 Å². The molecule has 4 rings (SSSR count). The Kier molecular flexibility index (Phi) is 6.53. The van der Waals surface area contributed by atoms with Crippen molar-refractivity contribution in [2.75, 3.05) is 0 Å². The molecule has 0 aromatic heterocycles. The zero-order valence-corrected chi connectivity index (χ0v) is 20.3. The third kappa shape index (κ3) is 4.01. The number of benzene rings is 2. The maximum absolute atomic E-state index is 9.59. The van der Waals surface area contributed by atoms with E-state index < -0.39 is 8.32 Å². The lowest BCUT2D eigenvalue weighted by molar-refractivity contribution is 0.0550. The fraction of sp³-hybridized carbons (Fsp3) is 0.393. The van der Waals surface area contributed by atoms with Gasteiger partial charge in [-0.3, -0.25) is 0 Å². The monoisotopic (exact) mass is 443 g/mol. The molecule has 0 unspecified atom stereocenters. The number of fused-ring (bicyclic) bond motifs is 1. The van der Waals surface area contributed by atoms with E-state index in [1.54, 1.807) is 0 Å². The van der Waals surface area contributed by atoms with Crippen LogP contribution in [0.15, 0.2) is 85.5 Å². The molecule has 4 heteroatoms. The Hall–Kier alpha value is -2.45. The smallest absolute Gasteiger partial charge is 0.261 e. The molecule has 1 heterocycles. The minimum Gasteiger partial charge on any atom is -0.401 e. The highest BCUT2D eigenvalue weighted by molar-refractivity contribution is 6.99. The molecule has 0 amide bonds. The molecule has 2 aliphatic rings. The second-order valence-electron chi connectivity index (χ2n) is 9.93. The number of hydrogen-bond donors (Lipinski definition) is 0. The van der Waals surface area contributed by atoms with Crippen LogP contribution in [-0.4, -0.2) is 26.6 Å². The van der Waals surface area contributed by atoms with Gasteiger partial charge in [0, 0.05) is 5.92 Å². The average Bonchev–Trinajstić information content (AvgIpc) is 3.15. The average molecular weight is 444 g/mol. The number of rotatable bonds is 6. The van der Waals surface area contributed by atoms with E-state index >= 15 is 0 Å². The molecule has 0 saturated carbocycles. The van der Waals surface area contributed by atoms with Crippen molar-refractivity contribution in [2.24, 2.45) is 11.8 Å². The molecule has 5 atom stereocenters. The summed E-state index contributed by atoms with van der Waals surface area (Å²) in [4.78, 5) is 0. The Morgan fingerprint density at radius 2 is 1.66 bits per heavy atom. The van der Waals surface area contributed by atoms with Crippen LogP contribution < -0.4 is 10.4 Å². The summed E-state index contributed by atoms with van der Waals surface area (Å²) in [6, 6.07) is 23.9. The van der Waals surface area contributed by atoms with Crippen LogP contribution in [-0.2, 0) is 9.16 Å². The van der Waals surface area contributed by atoms with Crippen LogP contribution >= 0.6 is 0 Å². The fourth-order valence-corrected chi connectivity index (χ4v) is 10.2. The van der Waals surface area contributed by atoms with Gasteiger partial charge in [0.15, 0.2) is 6.10 Å². The number of hydrogen-bond acceptors (Lipinski definition) is 3. The lowest BCUT2D eigenvalue weighted by Gasteiger charge is -2.46. The predicted molar refractivity (Wildman–Crippen MR) is 132 cm³/mol. The zero-order valence-electron chi connectivity index (χ0n) is 19.3. The van der Waals surface area contributed by atoms with E-state index in [1.165, 1.54) is 10.4 Å². The van der Waals surface area contributed by atoms with Crippen LogP contribution in [0.5, 0.6) is 0 Å². The van der Waals surface area contributed by atoms with Gasteiger partial charge < -0.3 is 9.16 Å². The molecule has 166 valence electrons. The van der Waals surface area contributed by atoms with Gasteiger partial charge in [-0.15, -0.1) is 6.58 Å². The third-order valence-electron chi connectivity index (χ3n) is 6.97. The van der Waals surface area contributed by atoms with Crippen molar-refractivity contribution in [2.45, 2.75) is 57.0 Å². The van der Waals surface area contributed by atoms with E-state index in [0.717, 1.165) is 12.8 Å². The molecule has 3 nitrogen and oxygen atoms in total. The highest BCUT2D eigenvalue weighted by atomic mass is 28.4. The largest absolute Gasteiger partial charge is 0.401 e. The van der Waals surface area contributed by atoms with Gasteiger partial charge in [-0.1, -0.05) is 99.7 Å². The molecule has 1 aliphatic carbocycles. The first-order valence-corrected chi connectivity index (χ1v) is 13.4. The Bertz CT molecular complexity index is 950. The summed E-state index contributed by atoms with van der Waals surface area (Å²) < 4.78 is 13.4. The van der Waals surface area contributed by atoms with Crippen LogP contribution in [0.1, 0.15) is 33.6 Å². The van der Waals surface area contributed by atoms with Gasteiger partial charge in [0.25, 0.3) is 8.32 Å². The van der Waals surface area contributed by atoms with Crippen LogP contribution in [0.2, 0.25) is 5.04 Å². The van der Waals surface area contributed by atoms with E-state index in [4.69, 9.17) is 9.16 Å². The quantitative estimate of drug-likeness (QED) is 0.466. The molecule has 0 spiro atoms. The predicted octanol–water partition coefficient (Wildman–Crippen LogP) is 4.99. The van der Waals surface area contributed by atoms with Crippen LogP contribution in [0.4, 0.5) is 0 Å². The zero-order chi connectivity index (χ0) is 22.8. The normalized spacial score (nSPS) is 27.5. The number of nitriles is 1. The molecule has 0 N–H and O–H groups in total. The summed E-state index contributed by atoms with van der Waals surface area (Å²) in [5, 5.41) is 12.1. The first-order valence-electron chi connectivity index (χ1n) is 11.5. The van der Waals surface area contributed by atoms with E-state index in [9.17, 15) is 5.26 Å². The van der Waals surface area contributed by atoms with Crippen molar-refractivity contribution >= 4 is 18.7 Å². The van der Waals surface area contributed by atoms with E-state index in [0.29, 0.717) is 0 Å². The topological polar surface area (TPSA) is 42.2 Å². The molecule has 1 fully saturated rings. The maximum Gasteiger partial charge on any atom is 0.261 e. The van der Waals surface area contributed by atoms with Crippen molar-refractivity contribution in [3.63, 3.8) is 0 Å². The lowest BCUT2D eigenvalue weighted by atomic mass is 9.78. The summed E-state index contributed by atoms with van der Waals surface area (Å²) in [7, 11) is -2.62. The molecule has 1 saturated heterocycles. The standard InChI is InChI=1S/C28H33NO2Si/c1-5-12-26-25-19-21(17-18-24(25)27(20-29)30-26)31-32(28(2,3)4,22-13-8-6-9-14-22)23-15-10-7-11-16-23/h5-11,13-18,21,24-27H,1,12,19H2,2-4H3/t21-,24+,25-,26+,27-/m0/s1. The fourth-order valence-electron chi connectivity index (χ4n) is 5.52. The van der Waals surface area contributed by atoms with Crippen molar-refractivity contribution in [1.82, 2.24) is 0 Å². The molecular weight excluding hydrogens is 410 g/mol. The SMILES string of the molecule is C=CC[C@H]1O[C@@H](C#N)[C@@H]2C=C[C@H](O[Si](c3ccccc3)(c3ccccc3)C(C)(C)C)C[C@@H]21. The summed E-state index contributed by atoms with van der Waals surface area (Å²) in [6.07, 6.45) is 7.51. The van der Waals surface area contributed by atoms with Crippen LogP contribution in [0, 0.1) is 23.2 Å². The molecule has 32 heavy (non-hydrogen) atoms. The third-order valence-corrected chi connectivity index (χ3v) is 12.0. The molecule has 0 radical (unpaired) electrons. The van der Waals surface area contributed by atoms with E-state index in [-0.39, 0.29) is 35.2 Å². The van der Waals surface area contributed by atoms with Crippen LogP contribution in [0.3, 0.4) is 0 Å². The second-order valence-corrected chi connectivity index (χ2v) is 14.2. The summed E-state index contributed by atoms with van der Waals surface area (Å²) in [6.45, 7) is 10.8. The number of nitrogens with zero attached hydrogens (tertiary/aromatic N) is 1. The maximum atomic E-state index is 9.59. The lowest BCUT2D eigenvalue weighted by Crippen LogP contribution is -2.67.